The number of aromatic nitrogens is 1. The standard InChI is InChI=1S/C13H16N2O2/c1-2-17-13(16)11-5-3-4-10-9(6-7-14)8-15-12(10)11/h3-5,8,15H,2,6-7,14H2,1H3. The lowest BCUT2D eigenvalue weighted by Gasteiger charge is -2.03. The van der Waals surface area contributed by atoms with Crippen LogP contribution in [-0.2, 0) is 11.2 Å². The molecule has 0 fully saturated rings. The van der Waals surface area contributed by atoms with Crippen molar-refractivity contribution in [2.45, 2.75) is 13.3 Å². The van der Waals surface area contributed by atoms with Gasteiger partial charge in [0.1, 0.15) is 0 Å². The minimum absolute atomic E-state index is 0.292. The van der Waals surface area contributed by atoms with Gasteiger partial charge in [0.05, 0.1) is 17.7 Å². The molecule has 0 spiro atoms. The van der Waals surface area contributed by atoms with Gasteiger partial charge in [-0.15, -0.1) is 0 Å². The van der Waals surface area contributed by atoms with Crippen molar-refractivity contribution in [3.8, 4) is 0 Å². The van der Waals surface area contributed by atoms with E-state index in [1.807, 2.05) is 18.3 Å². The summed E-state index contributed by atoms with van der Waals surface area (Å²) in [5, 5.41) is 1.04. The number of rotatable bonds is 4. The Morgan fingerprint density at radius 3 is 3.00 bits per heavy atom. The molecule has 0 aliphatic rings. The maximum Gasteiger partial charge on any atom is 0.340 e. The number of aromatic amines is 1. The lowest BCUT2D eigenvalue weighted by atomic mass is 10.1. The number of H-pyrrole nitrogens is 1. The number of benzene rings is 1. The SMILES string of the molecule is CCOC(=O)c1cccc2c(CCN)c[nH]c12. The molecular formula is C13H16N2O2. The van der Waals surface area contributed by atoms with Gasteiger partial charge in [-0.05, 0) is 31.5 Å². The summed E-state index contributed by atoms with van der Waals surface area (Å²) >= 11 is 0. The molecule has 0 saturated carbocycles. The van der Waals surface area contributed by atoms with Crippen molar-refractivity contribution in [1.29, 1.82) is 0 Å². The second-order valence-corrected chi connectivity index (χ2v) is 3.80. The Morgan fingerprint density at radius 2 is 2.29 bits per heavy atom. The third-order valence-electron chi connectivity index (χ3n) is 2.71. The van der Waals surface area contributed by atoms with Gasteiger partial charge in [0.2, 0.25) is 0 Å². The minimum atomic E-state index is -0.292. The number of carbonyl (C=O) groups is 1. The normalized spacial score (nSPS) is 10.7. The number of ether oxygens (including phenoxy) is 1. The first-order valence-corrected chi connectivity index (χ1v) is 5.74. The fourth-order valence-electron chi connectivity index (χ4n) is 1.95. The van der Waals surface area contributed by atoms with E-state index < -0.39 is 0 Å². The second-order valence-electron chi connectivity index (χ2n) is 3.80. The van der Waals surface area contributed by atoms with Crippen LogP contribution in [0.4, 0.5) is 0 Å². The van der Waals surface area contributed by atoms with Gasteiger partial charge in [0.25, 0.3) is 0 Å². The van der Waals surface area contributed by atoms with Crippen LogP contribution in [0.3, 0.4) is 0 Å². The van der Waals surface area contributed by atoms with Crippen LogP contribution in [-0.4, -0.2) is 24.1 Å². The van der Waals surface area contributed by atoms with E-state index in [0.717, 1.165) is 22.9 Å². The average molecular weight is 232 g/mol. The molecule has 0 bridgehead atoms. The van der Waals surface area contributed by atoms with Crippen molar-refractivity contribution in [2.75, 3.05) is 13.2 Å². The van der Waals surface area contributed by atoms with Crippen molar-refractivity contribution in [2.24, 2.45) is 5.73 Å². The van der Waals surface area contributed by atoms with E-state index in [0.29, 0.717) is 18.7 Å². The van der Waals surface area contributed by atoms with E-state index in [1.165, 1.54) is 0 Å². The second kappa shape index (κ2) is 5.01. The summed E-state index contributed by atoms with van der Waals surface area (Å²) in [6.45, 7) is 2.77. The first-order chi connectivity index (χ1) is 8.27. The maximum atomic E-state index is 11.8. The van der Waals surface area contributed by atoms with Gasteiger partial charge in [-0.25, -0.2) is 4.79 Å². The third-order valence-corrected chi connectivity index (χ3v) is 2.71. The third kappa shape index (κ3) is 2.17. The number of nitrogens with one attached hydrogen (secondary N) is 1. The van der Waals surface area contributed by atoms with E-state index in [9.17, 15) is 4.79 Å². The predicted octanol–water partition coefficient (Wildman–Crippen LogP) is 1.85. The average Bonchev–Trinajstić information content (AvgIpc) is 2.73. The maximum absolute atomic E-state index is 11.8. The van der Waals surface area contributed by atoms with Crippen LogP contribution >= 0.6 is 0 Å². The number of fused-ring (bicyclic) bond motifs is 1. The zero-order valence-electron chi connectivity index (χ0n) is 9.82. The van der Waals surface area contributed by atoms with E-state index in [4.69, 9.17) is 10.5 Å². The van der Waals surface area contributed by atoms with Crippen LogP contribution in [0.25, 0.3) is 10.9 Å². The lowest BCUT2D eigenvalue weighted by molar-refractivity contribution is 0.0528. The molecule has 1 aromatic carbocycles. The smallest absolute Gasteiger partial charge is 0.340 e. The molecule has 0 aliphatic heterocycles. The lowest BCUT2D eigenvalue weighted by Crippen LogP contribution is -2.05. The summed E-state index contributed by atoms with van der Waals surface area (Å²) in [6, 6.07) is 5.62. The zero-order valence-corrected chi connectivity index (χ0v) is 9.82. The molecule has 0 unspecified atom stereocenters. The molecule has 4 nitrogen and oxygen atoms in total. The summed E-state index contributed by atoms with van der Waals surface area (Å²) in [4.78, 5) is 14.9. The van der Waals surface area contributed by atoms with Gasteiger partial charge in [0, 0.05) is 11.6 Å². The molecular weight excluding hydrogens is 216 g/mol. The number of hydrogen-bond acceptors (Lipinski definition) is 3. The van der Waals surface area contributed by atoms with Gasteiger partial charge in [0.15, 0.2) is 0 Å². The number of carbonyl (C=O) groups excluding carboxylic acids is 1. The Kier molecular flexibility index (Phi) is 3.44. The molecule has 0 saturated heterocycles. The van der Waals surface area contributed by atoms with Gasteiger partial charge < -0.3 is 15.5 Å². The number of esters is 1. The summed E-state index contributed by atoms with van der Waals surface area (Å²) in [5.74, 6) is -0.292. The largest absolute Gasteiger partial charge is 0.462 e. The van der Waals surface area contributed by atoms with Gasteiger partial charge in [-0.2, -0.15) is 0 Å². The fourth-order valence-corrected chi connectivity index (χ4v) is 1.95. The van der Waals surface area contributed by atoms with Crippen LogP contribution in [0.2, 0.25) is 0 Å². The monoisotopic (exact) mass is 232 g/mol. The van der Waals surface area contributed by atoms with Crippen molar-refractivity contribution in [3.63, 3.8) is 0 Å². The van der Waals surface area contributed by atoms with E-state index in [-0.39, 0.29) is 5.97 Å². The molecule has 1 heterocycles. The first-order valence-electron chi connectivity index (χ1n) is 5.74. The van der Waals surface area contributed by atoms with Crippen molar-refractivity contribution >= 4 is 16.9 Å². The predicted molar refractivity (Wildman–Crippen MR) is 67.0 cm³/mol. The quantitative estimate of drug-likeness (QED) is 0.790. The van der Waals surface area contributed by atoms with Crippen LogP contribution < -0.4 is 5.73 Å². The van der Waals surface area contributed by atoms with Gasteiger partial charge in [-0.1, -0.05) is 12.1 Å². The highest BCUT2D eigenvalue weighted by Gasteiger charge is 2.13. The number of nitrogens with two attached hydrogens (primary N) is 1. The van der Waals surface area contributed by atoms with E-state index >= 15 is 0 Å². The topological polar surface area (TPSA) is 68.1 Å². The minimum Gasteiger partial charge on any atom is -0.462 e. The van der Waals surface area contributed by atoms with Gasteiger partial charge >= 0.3 is 5.97 Å². The fraction of sp³-hybridized carbons (Fsp3) is 0.308. The molecule has 2 aromatic rings. The Labute approximate surface area is 99.8 Å². The summed E-state index contributed by atoms with van der Waals surface area (Å²) in [7, 11) is 0. The number of para-hydroxylation sites is 1. The summed E-state index contributed by atoms with van der Waals surface area (Å²) in [5.41, 5.74) is 8.09. The molecule has 90 valence electrons. The molecule has 2 rings (SSSR count). The molecule has 17 heavy (non-hydrogen) atoms. The molecule has 0 aliphatic carbocycles. The Balaban J connectivity index is 2.47. The summed E-state index contributed by atoms with van der Waals surface area (Å²) in [6.07, 6.45) is 2.70. The molecule has 3 N–H and O–H groups in total. The summed E-state index contributed by atoms with van der Waals surface area (Å²) < 4.78 is 5.02. The van der Waals surface area contributed by atoms with Crippen LogP contribution in [0.5, 0.6) is 0 Å². The Bertz CT molecular complexity index is 531. The van der Waals surface area contributed by atoms with Crippen LogP contribution in [0.15, 0.2) is 24.4 Å². The molecule has 0 atom stereocenters. The van der Waals surface area contributed by atoms with Crippen LogP contribution in [0, 0.1) is 0 Å². The molecule has 0 radical (unpaired) electrons. The number of hydrogen-bond donors (Lipinski definition) is 2. The van der Waals surface area contributed by atoms with Crippen molar-refractivity contribution in [3.05, 3.63) is 35.5 Å². The van der Waals surface area contributed by atoms with Crippen molar-refractivity contribution < 1.29 is 9.53 Å². The molecule has 1 aromatic heterocycles. The van der Waals surface area contributed by atoms with E-state index in [2.05, 4.69) is 4.98 Å². The highest BCUT2D eigenvalue weighted by molar-refractivity contribution is 6.03. The van der Waals surface area contributed by atoms with Crippen molar-refractivity contribution in [1.82, 2.24) is 4.98 Å². The molecule has 4 heteroatoms. The zero-order chi connectivity index (χ0) is 12.3. The van der Waals surface area contributed by atoms with Gasteiger partial charge in [-0.3, -0.25) is 0 Å². The Morgan fingerprint density at radius 1 is 1.47 bits per heavy atom. The first kappa shape index (κ1) is 11.7. The highest BCUT2D eigenvalue weighted by Crippen LogP contribution is 2.22. The molecule has 0 amide bonds. The van der Waals surface area contributed by atoms with Crippen LogP contribution in [0.1, 0.15) is 22.8 Å². The highest BCUT2D eigenvalue weighted by atomic mass is 16.5. The Hall–Kier alpha value is -1.81. The van der Waals surface area contributed by atoms with E-state index in [1.54, 1.807) is 13.0 Å².